The number of hydrogen-bond acceptors (Lipinski definition) is 3. The normalized spacial score (nSPS) is 17.4. The Labute approximate surface area is 116 Å². The number of imidazole rings is 1. The van der Waals surface area contributed by atoms with Gasteiger partial charge in [-0.15, -0.1) is 0 Å². The lowest BCUT2D eigenvalue weighted by Gasteiger charge is -2.29. The number of aromatic nitrogens is 2. The summed E-state index contributed by atoms with van der Waals surface area (Å²) in [7, 11) is 2.07. The van der Waals surface area contributed by atoms with Crippen molar-refractivity contribution in [3.8, 4) is 0 Å². The van der Waals surface area contributed by atoms with E-state index in [1.807, 2.05) is 12.1 Å². The number of nitrogens with zero attached hydrogens (tertiary/aromatic N) is 2. The fraction of sp³-hybridized carbons (Fsp3) is 0.429. The summed E-state index contributed by atoms with van der Waals surface area (Å²) in [4.78, 5) is 29.1. The number of fused-ring (bicyclic) bond motifs is 1. The van der Waals surface area contributed by atoms with Gasteiger partial charge in [0.05, 0.1) is 11.0 Å². The van der Waals surface area contributed by atoms with Crippen LogP contribution in [0.4, 0.5) is 4.79 Å². The SMILES string of the molecule is CN1CCC(NC(=O)n2c(=O)[nH]c3ccccc32)CC1. The number of carbonyl (C=O) groups excluding carboxylic acids is 1. The minimum absolute atomic E-state index is 0.138. The number of aromatic amines is 1. The zero-order valence-corrected chi connectivity index (χ0v) is 11.4. The van der Waals surface area contributed by atoms with Crippen LogP contribution in [0, 0.1) is 0 Å². The molecular weight excluding hydrogens is 256 g/mol. The molecule has 20 heavy (non-hydrogen) atoms. The number of piperidine rings is 1. The van der Waals surface area contributed by atoms with Crippen molar-refractivity contribution in [2.24, 2.45) is 0 Å². The lowest BCUT2D eigenvalue weighted by atomic mass is 10.1. The van der Waals surface area contributed by atoms with Gasteiger partial charge in [0, 0.05) is 6.04 Å². The molecule has 1 aliphatic heterocycles. The summed E-state index contributed by atoms with van der Waals surface area (Å²) < 4.78 is 1.17. The molecule has 6 nitrogen and oxygen atoms in total. The zero-order valence-electron chi connectivity index (χ0n) is 11.4. The molecule has 1 aromatic heterocycles. The maximum Gasteiger partial charge on any atom is 0.334 e. The molecule has 2 aromatic rings. The highest BCUT2D eigenvalue weighted by molar-refractivity contribution is 5.89. The average Bonchev–Trinajstić information content (AvgIpc) is 2.77. The van der Waals surface area contributed by atoms with Crippen molar-refractivity contribution in [3.05, 3.63) is 34.7 Å². The summed E-state index contributed by atoms with van der Waals surface area (Å²) in [5, 5.41) is 2.95. The second kappa shape index (κ2) is 5.13. The van der Waals surface area contributed by atoms with E-state index >= 15 is 0 Å². The van der Waals surface area contributed by atoms with Crippen LogP contribution >= 0.6 is 0 Å². The van der Waals surface area contributed by atoms with Gasteiger partial charge >= 0.3 is 11.7 Å². The Morgan fingerprint density at radius 1 is 1.30 bits per heavy atom. The maximum atomic E-state index is 12.3. The van der Waals surface area contributed by atoms with Crippen LogP contribution in [-0.4, -0.2) is 46.7 Å². The van der Waals surface area contributed by atoms with Gasteiger partial charge in [-0.25, -0.2) is 14.2 Å². The van der Waals surface area contributed by atoms with Gasteiger partial charge in [0.25, 0.3) is 0 Å². The topological polar surface area (TPSA) is 70.1 Å². The Morgan fingerprint density at radius 2 is 2.00 bits per heavy atom. The second-order valence-electron chi connectivity index (χ2n) is 5.31. The van der Waals surface area contributed by atoms with Crippen molar-refractivity contribution in [2.45, 2.75) is 18.9 Å². The van der Waals surface area contributed by atoms with Gasteiger partial charge in [-0.3, -0.25) is 0 Å². The summed E-state index contributed by atoms with van der Waals surface area (Å²) in [6.45, 7) is 1.93. The molecule has 1 saturated heterocycles. The van der Waals surface area contributed by atoms with Gasteiger partial charge in [0.1, 0.15) is 0 Å². The lowest BCUT2D eigenvalue weighted by molar-refractivity contribution is 0.215. The van der Waals surface area contributed by atoms with Gasteiger partial charge in [-0.1, -0.05) is 12.1 Å². The predicted molar refractivity (Wildman–Crippen MR) is 77.0 cm³/mol. The molecule has 2 N–H and O–H groups in total. The highest BCUT2D eigenvalue weighted by Gasteiger charge is 2.21. The first kappa shape index (κ1) is 12.9. The van der Waals surface area contributed by atoms with Crippen LogP contribution in [0.3, 0.4) is 0 Å². The molecule has 1 aromatic carbocycles. The predicted octanol–water partition coefficient (Wildman–Crippen LogP) is 0.981. The summed E-state index contributed by atoms with van der Waals surface area (Å²) in [6.07, 6.45) is 1.83. The van der Waals surface area contributed by atoms with E-state index in [1.54, 1.807) is 12.1 Å². The Morgan fingerprint density at radius 3 is 2.75 bits per heavy atom. The fourth-order valence-corrected chi connectivity index (χ4v) is 2.65. The minimum Gasteiger partial charge on any atom is -0.334 e. The van der Waals surface area contributed by atoms with E-state index in [0.717, 1.165) is 25.9 Å². The molecule has 2 heterocycles. The second-order valence-corrected chi connectivity index (χ2v) is 5.31. The Hall–Kier alpha value is -2.08. The smallest absolute Gasteiger partial charge is 0.334 e. The lowest BCUT2D eigenvalue weighted by Crippen LogP contribution is -2.46. The molecule has 0 bridgehead atoms. The third-order valence-electron chi connectivity index (χ3n) is 3.84. The number of rotatable bonds is 1. The van der Waals surface area contributed by atoms with Gasteiger partial charge in [0.15, 0.2) is 0 Å². The Balaban J connectivity index is 1.82. The van der Waals surface area contributed by atoms with E-state index in [4.69, 9.17) is 0 Å². The first-order valence-electron chi connectivity index (χ1n) is 6.84. The van der Waals surface area contributed by atoms with Gasteiger partial charge in [-0.2, -0.15) is 0 Å². The number of H-pyrrole nitrogens is 1. The molecule has 1 amide bonds. The maximum absolute atomic E-state index is 12.3. The number of carbonyl (C=O) groups is 1. The van der Waals surface area contributed by atoms with Crippen molar-refractivity contribution < 1.29 is 4.79 Å². The third-order valence-corrected chi connectivity index (χ3v) is 3.84. The first-order chi connectivity index (χ1) is 9.65. The van der Waals surface area contributed by atoms with Crippen LogP contribution in [0.1, 0.15) is 12.8 Å². The van der Waals surface area contributed by atoms with Crippen LogP contribution in [0.15, 0.2) is 29.1 Å². The van der Waals surface area contributed by atoms with E-state index < -0.39 is 5.69 Å². The van der Waals surface area contributed by atoms with Crippen molar-refractivity contribution in [1.29, 1.82) is 0 Å². The summed E-state index contributed by atoms with van der Waals surface area (Å²) >= 11 is 0. The standard InChI is InChI=1S/C14H18N4O2/c1-17-8-6-10(7-9-17)15-13(19)18-12-5-3-2-4-11(12)16-14(18)20/h2-5,10H,6-9H2,1H3,(H,15,19)(H,16,20). The number of para-hydroxylation sites is 2. The van der Waals surface area contributed by atoms with Crippen LogP contribution in [0.25, 0.3) is 11.0 Å². The summed E-state index contributed by atoms with van der Waals surface area (Å²) in [6, 6.07) is 6.99. The molecule has 0 saturated carbocycles. The van der Waals surface area contributed by atoms with E-state index in [0.29, 0.717) is 11.0 Å². The van der Waals surface area contributed by atoms with Crippen molar-refractivity contribution in [3.63, 3.8) is 0 Å². The largest absolute Gasteiger partial charge is 0.334 e. The highest BCUT2D eigenvalue weighted by atomic mass is 16.2. The molecule has 0 aliphatic carbocycles. The fourth-order valence-electron chi connectivity index (χ4n) is 2.65. The van der Waals surface area contributed by atoms with E-state index in [-0.39, 0.29) is 12.1 Å². The summed E-state index contributed by atoms with van der Waals surface area (Å²) in [5.74, 6) is 0. The third kappa shape index (κ3) is 2.34. The molecule has 1 aliphatic rings. The van der Waals surface area contributed by atoms with E-state index in [9.17, 15) is 9.59 Å². The van der Waals surface area contributed by atoms with Crippen LogP contribution in [0.2, 0.25) is 0 Å². The highest BCUT2D eigenvalue weighted by Crippen LogP contribution is 2.11. The average molecular weight is 274 g/mol. The first-order valence-corrected chi connectivity index (χ1v) is 6.84. The van der Waals surface area contributed by atoms with Crippen molar-refractivity contribution in [1.82, 2.24) is 19.8 Å². The molecule has 0 spiro atoms. The zero-order chi connectivity index (χ0) is 14.1. The number of benzene rings is 1. The molecule has 0 atom stereocenters. The number of likely N-dealkylation sites (tertiary alicyclic amines) is 1. The van der Waals surface area contributed by atoms with Gasteiger partial charge in [-0.05, 0) is 45.1 Å². The molecule has 6 heteroatoms. The monoisotopic (exact) mass is 274 g/mol. The molecule has 0 unspecified atom stereocenters. The Bertz CT molecular complexity index is 680. The molecule has 3 rings (SSSR count). The molecule has 0 radical (unpaired) electrons. The number of hydrogen-bond donors (Lipinski definition) is 2. The van der Waals surface area contributed by atoms with Crippen LogP contribution < -0.4 is 11.0 Å². The van der Waals surface area contributed by atoms with Gasteiger partial charge < -0.3 is 15.2 Å². The quantitative estimate of drug-likeness (QED) is 0.814. The molecular formula is C14H18N4O2. The van der Waals surface area contributed by atoms with Crippen molar-refractivity contribution in [2.75, 3.05) is 20.1 Å². The number of amides is 1. The summed E-state index contributed by atoms with van der Waals surface area (Å²) in [5.41, 5.74) is 0.899. The van der Waals surface area contributed by atoms with Crippen molar-refractivity contribution >= 4 is 17.1 Å². The Kier molecular flexibility index (Phi) is 3.31. The van der Waals surface area contributed by atoms with Crippen LogP contribution in [-0.2, 0) is 0 Å². The van der Waals surface area contributed by atoms with E-state index in [1.165, 1.54) is 4.57 Å². The molecule has 1 fully saturated rings. The van der Waals surface area contributed by atoms with Gasteiger partial charge in [0.2, 0.25) is 0 Å². The number of nitrogens with one attached hydrogen (secondary N) is 2. The molecule has 106 valence electrons. The van der Waals surface area contributed by atoms with Crippen LogP contribution in [0.5, 0.6) is 0 Å². The minimum atomic E-state index is -0.392. The van der Waals surface area contributed by atoms with E-state index in [2.05, 4.69) is 22.2 Å².